The van der Waals surface area contributed by atoms with Gasteiger partial charge in [-0.15, -0.1) is 0 Å². The van der Waals surface area contributed by atoms with Crippen LogP contribution < -0.4 is 11.1 Å². The predicted octanol–water partition coefficient (Wildman–Crippen LogP) is 1.89. The molecule has 0 bridgehead atoms. The fourth-order valence-corrected chi connectivity index (χ4v) is 3.79. The molecule has 3 N–H and O–H groups in total. The average Bonchev–Trinajstić information content (AvgIpc) is 2.44. The molecule has 2 rings (SSSR count). The van der Waals surface area contributed by atoms with Gasteiger partial charge in [0.15, 0.2) is 0 Å². The fraction of sp³-hybridized carbons (Fsp3) is 0.429. The molecular weight excluding hydrogens is 402 g/mol. The number of hydrogen-bond acceptors (Lipinski definition) is 3. The van der Waals surface area contributed by atoms with E-state index in [1.54, 1.807) is 17.0 Å². The van der Waals surface area contributed by atoms with Crippen LogP contribution in [0.15, 0.2) is 27.1 Å². The van der Waals surface area contributed by atoms with Crippen LogP contribution in [0, 0.1) is 0 Å². The predicted molar refractivity (Wildman–Crippen MR) is 88.0 cm³/mol. The van der Waals surface area contributed by atoms with Gasteiger partial charge in [-0.3, -0.25) is 9.59 Å². The summed E-state index contributed by atoms with van der Waals surface area (Å²) in [7, 11) is 0. The number of carbonyl (C=O) groups excluding carboxylic acids is 2. The molecule has 0 atom stereocenters. The number of halogens is 2. The third-order valence-corrected chi connectivity index (χ3v) is 4.36. The van der Waals surface area contributed by atoms with Gasteiger partial charge in [0.1, 0.15) is 0 Å². The summed E-state index contributed by atoms with van der Waals surface area (Å²) in [6.45, 7) is 1.64. The molecule has 1 aromatic carbocycles. The minimum Gasteiger partial charge on any atom is -0.368 e. The van der Waals surface area contributed by atoms with E-state index in [4.69, 9.17) is 5.73 Å². The van der Waals surface area contributed by atoms with Crippen molar-refractivity contribution in [2.24, 2.45) is 5.73 Å². The monoisotopic (exact) mass is 417 g/mol. The van der Waals surface area contributed by atoms with Gasteiger partial charge in [0.25, 0.3) is 5.91 Å². The van der Waals surface area contributed by atoms with Crippen molar-refractivity contribution in [3.05, 3.63) is 32.7 Å². The van der Waals surface area contributed by atoms with Crippen molar-refractivity contribution in [3.63, 3.8) is 0 Å². The Morgan fingerprint density at radius 3 is 2.29 bits per heavy atom. The van der Waals surface area contributed by atoms with E-state index in [0.717, 1.165) is 34.9 Å². The van der Waals surface area contributed by atoms with Crippen molar-refractivity contribution >= 4 is 43.7 Å². The number of rotatable bonds is 4. The van der Waals surface area contributed by atoms with E-state index in [2.05, 4.69) is 37.2 Å². The van der Waals surface area contributed by atoms with Gasteiger partial charge in [0, 0.05) is 20.6 Å². The Morgan fingerprint density at radius 1 is 1.19 bits per heavy atom. The Morgan fingerprint density at radius 2 is 1.76 bits per heavy atom. The summed E-state index contributed by atoms with van der Waals surface area (Å²) in [5.74, 6) is -0.654. The third kappa shape index (κ3) is 4.52. The van der Waals surface area contributed by atoms with Crippen molar-refractivity contribution in [2.45, 2.75) is 18.9 Å². The Kier molecular flexibility index (Phi) is 5.78. The Balaban J connectivity index is 2.25. The molecule has 0 saturated carbocycles. The lowest BCUT2D eigenvalue weighted by molar-refractivity contribution is -0.119. The Bertz CT molecular complexity index is 525. The topological polar surface area (TPSA) is 75.4 Å². The zero-order valence-electron chi connectivity index (χ0n) is 11.4. The summed E-state index contributed by atoms with van der Waals surface area (Å²) in [4.78, 5) is 25.7. The van der Waals surface area contributed by atoms with Crippen LogP contribution in [-0.2, 0) is 4.79 Å². The van der Waals surface area contributed by atoms with E-state index in [1.165, 1.54) is 0 Å². The van der Waals surface area contributed by atoms with Crippen LogP contribution >= 0.6 is 31.9 Å². The highest BCUT2D eigenvalue weighted by atomic mass is 79.9. The molecule has 114 valence electrons. The minimum atomic E-state index is -0.490. The second kappa shape index (κ2) is 7.38. The number of nitrogens with one attached hydrogen (secondary N) is 1. The maximum Gasteiger partial charge on any atom is 0.254 e. The number of amides is 2. The van der Waals surface area contributed by atoms with E-state index in [-0.39, 0.29) is 18.5 Å². The van der Waals surface area contributed by atoms with Crippen molar-refractivity contribution in [2.75, 3.05) is 19.6 Å². The van der Waals surface area contributed by atoms with Crippen LogP contribution in [0.2, 0.25) is 0 Å². The van der Waals surface area contributed by atoms with Gasteiger partial charge in [0.05, 0.1) is 6.54 Å². The van der Waals surface area contributed by atoms with Crippen molar-refractivity contribution < 1.29 is 9.59 Å². The zero-order chi connectivity index (χ0) is 15.4. The molecule has 1 heterocycles. The van der Waals surface area contributed by atoms with E-state index in [1.807, 2.05) is 6.07 Å². The second-order valence-electron chi connectivity index (χ2n) is 5.04. The molecule has 0 spiro atoms. The van der Waals surface area contributed by atoms with Crippen LogP contribution in [-0.4, -0.2) is 42.4 Å². The first kappa shape index (κ1) is 16.5. The van der Waals surface area contributed by atoms with Crippen molar-refractivity contribution in [1.82, 2.24) is 10.2 Å². The van der Waals surface area contributed by atoms with Gasteiger partial charge in [-0.2, -0.15) is 0 Å². The zero-order valence-corrected chi connectivity index (χ0v) is 14.6. The number of benzene rings is 1. The molecule has 1 saturated heterocycles. The van der Waals surface area contributed by atoms with Gasteiger partial charge in [-0.05, 0) is 44.1 Å². The first-order chi connectivity index (χ1) is 9.97. The summed E-state index contributed by atoms with van der Waals surface area (Å²) in [6, 6.07) is 5.41. The SMILES string of the molecule is NC(=O)CN(C(=O)c1cc(Br)cc(Br)c1)C1CCNCC1. The van der Waals surface area contributed by atoms with Crippen LogP contribution in [0.3, 0.4) is 0 Å². The molecule has 0 aliphatic carbocycles. The fourth-order valence-electron chi connectivity index (χ4n) is 2.50. The molecular formula is C14H17Br2N3O2. The van der Waals surface area contributed by atoms with Gasteiger partial charge in [-0.25, -0.2) is 0 Å². The summed E-state index contributed by atoms with van der Waals surface area (Å²) in [6.07, 6.45) is 1.66. The van der Waals surface area contributed by atoms with Crippen molar-refractivity contribution in [3.8, 4) is 0 Å². The largest absolute Gasteiger partial charge is 0.368 e. The number of hydrogen-bond donors (Lipinski definition) is 2. The lowest BCUT2D eigenvalue weighted by Gasteiger charge is -2.34. The molecule has 5 nitrogen and oxygen atoms in total. The van der Waals surface area contributed by atoms with Crippen molar-refractivity contribution in [1.29, 1.82) is 0 Å². The van der Waals surface area contributed by atoms with Crippen LogP contribution in [0.4, 0.5) is 0 Å². The molecule has 1 aromatic rings. The van der Waals surface area contributed by atoms with E-state index in [9.17, 15) is 9.59 Å². The lowest BCUT2D eigenvalue weighted by Crippen LogP contribution is -2.49. The molecule has 0 aromatic heterocycles. The normalized spacial score (nSPS) is 15.7. The smallest absolute Gasteiger partial charge is 0.254 e. The Labute approximate surface area is 140 Å². The molecule has 0 radical (unpaired) electrons. The third-order valence-electron chi connectivity index (χ3n) is 3.45. The van der Waals surface area contributed by atoms with E-state index >= 15 is 0 Å². The van der Waals surface area contributed by atoms with Gasteiger partial charge < -0.3 is 16.0 Å². The first-order valence-electron chi connectivity index (χ1n) is 6.73. The summed E-state index contributed by atoms with van der Waals surface area (Å²) >= 11 is 6.75. The molecule has 7 heteroatoms. The number of primary amides is 1. The highest BCUT2D eigenvalue weighted by molar-refractivity contribution is 9.11. The molecule has 1 aliphatic heterocycles. The maximum atomic E-state index is 12.7. The summed E-state index contributed by atoms with van der Waals surface area (Å²) in [5, 5.41) is 3.25. The molecule has 1 fully saturated rings. The summed E-state index contributed by atoms with van der Waals surface area (Å²) < 4.78 is 1.62. The standard InChI is InChI=1S/C14H17Br2N3O2/c15-10-5-9(6-11(16)7-10)14(21)19(8-13(17)20)12-1-3-18-4-2-12/h5-7,12,18H,1-4,8H2,(H2,17,20). The molecule has 1 aliphatic rings. The quantitative estimate of drug-likeness (QED) is 0.783. The first-order valence-corrected chi connectivity index (χ1v) is 8.32. The number of piperidine rings is 1. The second-order valence-corrected chi connectivity index (χ2v) is 6.87. The minimum absolute atomic E-state index is 0.0454. The van der Waals surface area contributed by atoms with Crippen LogP contribution in [0.5, 0.6) is 0 Å². The van der Waals surface area contributed by atoms with E-state index in [0.29, 0.717) is 5.56 Å². The maximum absolute atomic E-state index is 12.7. The summed E-state index contributed by atoms with van der Waals surface area (Å²) in [5.41, 5.74) is 5.85. The molecule has 2 amide bonds. The number of nitrogens with zero attached hydrogens (tertiary/aromatic N) is 1. The lowest BCUT2D eigenvalue weighted by atomic mass is 10.0. The highest BCUT2D eigenvalue weighted by Gasteiger charge is 2.27. The van der Waals surface area contributed by atoms with Gasteiger partial charge >= 0.3 is 0 Å². The molecule has 21 heavy (non-hydrogen) atoms. The number of nitrogens with two attached hydrogens (primary N) is 1. The Hall–Kier alpha value is -0.920. The molecule has 0 unspecified atom stereocenters. The number of carbonyl (C=O) groups is 2. The van der Waals surface area contributed by atoms with Gasteiger partial charge in [-0.1, -0.05) is 31.9 Å². The van der Waals surface area contributed by atoms with Crippen LogP contribution in [0.25, 0.3) is 0 Å². The van der Waals surface area contributed by atoms with Crippen LogP contribution in [0.1, 0.15) is 23.2 Å². The average molecular weight is 419 g/mol. The highest BCUT2D eigenvalue weighted by Crippen LogP contribution is 2.23. The van der Waals surface area contributed by atoms with E-state index < -0.39 is 5.91 Å². The van der Waals surface area contributed by atoms with Gasteiger partial charge in [0.2, 0.25) is 5.91 Å².